The molecule has 1 atom stereocenters. The van der Waals surface area contributed by atoms with Gasteiger partial charge in [0, 0.05) is 17.7 Å². The molecule has 0 unspecified atom stereocenters. The molecule has 0 aliphatic carbocycles. The highest BCUT2D eigenvalue weighted by molar-refractivity contribution is 5.75. The van der Waals surface area contributed by atoms with E-state index in [0.717, 1.165) is 0 Å². The van der Waals surface area contributed by atoms with Crippen molar-refractivity contribution in [3.63, 3.8) is 0 Å². The van der Waals surface area contributed by atoms with Crippen LogP contribution in [0.3, 0.4) is 0 Å². The summed E-state index contributed by atoms with van der Waals surface area (Å²) in [4.78, 5) is 20.5. The number of hydrogen-bond acceptors (Lipinski definition) is 5. The zero-order valence-corrected chi connectivity index (χ0v) is 9.12. The third-order valence-electron chi connectivity index (χ3n) is 2.02. The second-order valence-corrected chi connectivity index (χ2v) is 3.41. The summed E-state index contributed by atoms with van der Waals surface area (Å²) < 4.78 is 5.04. The fraction of sp³-hybridized carbons (Fsp3) is 0.300. The maximum atomic E-state index is 10.6. The van der Waals surface area contributed by atoms with E-state index in [-0.39, 0.29) is 23.6 Å². The van der Waals surface area contributed by atoms with Crippen LogP contribution in [0.2, 0.25) is 0 Å². The molecular weight excluding hydrogens is 228 g/mol. The molecular formula is C10H12N2O5. The molecule has 0 fully saturated rings. The lowest BCUT2D eigenvalue weighted by Crippen LogP contribution is -2.20. The van der Waals surface area contributed by atoms with Crippen LogP contribution in [0.1, 0.15) is 18.6 Å². The highest BCUT2D eigenvalue weighted by Crippen LogP contribution is 2.29. The van der Waals surface area contributed by atoms with Crippen molar-refractivity contribution in [2.24, 2.45) is 5.73 Å². The molecule has 0 spiro atoms. The molecule has 0 aliphatic heterocycles. The zero-order valence-electron chi connectivity index (χ0n) is 9.12. The van der Waals surface area contributed by atoms with E-state index in [4.69, 9.17) is 10.5 Å². The maximum Gasteiger partial charge on any atom is 0.270 e. The molecule has 1 amide bonds. The fourth-order valence-corrected chi connectivity index (χ4v) is 1.26. The molecule has 7 nitrogen and oxygen atoms in total. The van der Waals surface area contributed by atoms with Crippen LogP contribution in [-0.2, 0) is 4.79 Å². The SMILES string of the molecule is C[C@H](O)c1cc([N+](=O)[O-])ccc1OCC(N)=O. The van der Waals surface area contributed by atoms with Crippen molar-refractivity contribution in [3.05, 3.63) is 33.9 Å². The van der Waals surface area contributed by atoms with Crippen LogP contribution in [0.25, 0.3) is 0 Å². The largest absolute Gasteiger partial charge is 0.483 e. The number of aliphatic hydroxyl groups excluding tert-OH is 1. The summed E-state index contributed by atoms with van der Waals surface area (Å²) >= 11 is 0. The summed E-state index contributed by atoms with van der Waals surface area (Å²) in [5.74, 6) is -0.468. The highest BCUT2D eigenvalue weighted by atomic mass is 16.6. The first-order valence-electron chi connectivity index (χ1n) is 4.79. The number of aliphatic hydroxyl groups is 1. The number of hydrogen-bond donors (Lipinski definition) is 2. The molecule has 1 aromatic rings. The number of carbonyl (C=O) groups is 1. The molecule has 0 saturated carbocycles. The number of benzene rings is 1. The highest BCUT2D eigenvalue weighted by Gasteiger charge is 2.15. The second kappa shape index (κ2) is 5.26. The standard InChI is InChI=1S/C10H12N2O5/c1-6(13)8-4-7(12(15)16)2-3-9(8)17-5-10(11)14/h2-4,6,13H,5H2,1H3,(H2,11,14)/t6-/m0/s1. The first kappa shape index (κ1) is 12.9. The number of primary amides is 1. The van der Waals surface area contributed by atoms with Crippen LogP contribution in [0.4, 0.5) is 5.69 Å². The fourth-order valence-electron chi connectivity index (χ4n) is 1.26. The van der Waals surface area contributed by atoms with E-state index < -0.39 is 16.9 Å². The number of nitrogens with zero attached hydrogens (tertiary/aromatic N) is 1. The van der Waals surface area contributed by atoms with Crippen molar-refractivity contribution in [1.29, 1.82) is 0 Å². The molecule has 0 radical (unpaired) electrons. The Kier molecular flexibility index (Phi) is 4.00. The van der Waals surface area contributed by atoms with Crippen LogP contribution in [0.15, 0.2) is 18.2 Å². The van der Waals surface area contributed by atoms with E-state index in [9.17, 15) is 20.0 Å². The number of amides is 1. The van der Waals surface area contributed by atoms with Gasteiger partial charge in [0.25, 0.3) is 11.6 Å². The Labute approximate surface area is 97.0 Å². The Hall–Kier alpha value is -2.15. The predicted octanol–water partition coefficient (Wildman–Crippen LogP) is 0.512. The van der Waals surface area contributed by atoms with Gasteiger partial charge in [0.1, 0.15) is 5.75 Å². The molecule has 7 heteroatoms. The number of non-ortho nitro benzene ring substituents is 1. The Morgan fingerprint density at radius 1 is 1.65 bits per heavy atom. The van der Waals surface area contributed by atoms with Crippen LogP contribution in [0.5, 0.6) is 5.75 Å². The summed E-state index contributed by atoms with van der Waals surface area (Å²) in [6.07, 6.45) is -0.947. The molecule has 0 aliphatic rings. The van der Waals surface area contributed by atoms with Crippen molar-refractivity contribution >= 4 is 11.6 Å². The van der Waals surface area contributed by atoms with E-state index >= 15 is 0 Å². The summed E-state index contributed by atoms with van der Waals surface area (Å²) in [6, 6.07) is 3.74. The van der Waals surface area contributed by atoms with E-state index in [2.05, 4.69) is 0 Å². The van der Waals surface area contributed by atoms with Gasteiger partial charge in [0.2, 0.25) is 0 Å². The monoisotopic (exact) mass is 240 g/mol. The minimum Gasteiger partial charge on any atom is -0.483 e. The van der Waals surface area contributed by atoms with E-state index in [1.807, 2.05) is 0 Å². The molecule has 3 N–H and O–H groups in total. The topological polar surface area (TPSA) is 116 Å². The van der Waals surface area contributed by atoms with Crippen molar-refractivity contribution in [1.82, 2.24) is 0 Å². The van der Waals surface area contributed by atoms with E-state index in [1.165, 1.54) is 25.1 Å². The van der Waals surface area contributed by atoms with E-state index in [1.54, 1.807) is 0 Å². The van der Waals surface area contributed by atoms with Gasteiger partial charge in [0.15, 0.2) is 6.61 Å². The summed E-state index contributed by atoms with van der Waals surface area (Å²) in [6.45, 7) is 1.09. The van der Waals surface area contributed by atoms with Crippen molar-refractivity contribution in [2.75, 3.05) is 6.61 Å². The first-order valence-corrected chi connectivity index (χ1v) is 4.79. The van der Waals surface area contributed by atoms with Crippen molar-refractivity contribution in [3.8, 4) is 5.75 Å². The second-order valence-electron chi connectivity index (χ2n) is 3.41. The summed E-state index contributed by atoms with van der Waals surface area (Å²) in [5, 5.41) is 20.0. The molecule has 1 rings (SSSR count). The van der Waals surface area contributed by atoms with Gasteiger partial charge in [-0.15, -0.1) is 0 Å². The average molecular weight is 240 g/mol. The third kappa shape index (κ3) is 3.42. The minimum atomic E-state index is -0.947. The molecule has 0 aromatic heterocycles. The van der Waals surface area contributed by atoms with Crippen LogP contribution < -0.4 is 10.5 Å². The lowest BCUT2D eigenvalue weighted by molar-refractivity contribution is -0.385. The summed E-state index contributed by atoms with van der Waals surface area (Å²) in [7, 11) is 0. The molecule has 0 heterocycles. The van der Waals surface area contributed by atoms with Crippen LogP contribution in [-0.4, -0.2) is 22.5 Å². The normalized spacial score (nSPS) is 11.9. The van der Waals surface area contributed by atoms with Gasteiger partial charge in [-0.2, -0.15) is 0 Å². The van der Waals surface area contributed by atoms with Gasteiger partial charge in [-0.3, -0.25) is 14.9 Å². The zero-order chi connectivity index (χ0) is 13.0. The third-order valence-corrected chi connectivity index (χ3v) is 2.02. The number of rotatable bonds is 5. The first-order chi connectivity index (χ1) is 7.91. The van der Waals surface area contributed by atoms with Gasteiger partial charge in [-0.25, -0.2) is 0 Å². The number of nitro groups is 1. The number of carbonyl (C=O) groups excluding carboxylic acids is 1. The summed E-state index contributed by atoms with van der Waals surface area (Å²) in [5.41, 5.74) is 4.99. The lowest BCUT2D eigenvalue weighted by Gasteiger charge is -2.12. The van der Waals surface area contributed by atoms with E-state index in [0.29, 0.717) is 0 Å². The molecule has 1 aromatic carbocycles. The average Bonchev–Trinajstić information content (AvgIpc) is 2.25. The predicted molar refractivity (Wildman–Crippen MR) is 58.4 cm³/mol. The van der Waals surface area contributed by atoms with Gasteiger partial charge >= 0.3 is 0 Å². The molecule has 17 heavy (non-hydrogen) atoms. The maximum absolute atomic E-state index is 10.6. The quantitative estimate of drug-likeness (QED) is 0.574. The van der Waals surface area contributed by atoms with Gasteiger partial charge in [-0.1, -0.05) is 0 Å². The molecule has 0 bridgehead atoms. The molecule has 92 valence electrons. The number of nitrogens with two attached hydrogens (primary N) is 1. The Balaban J connectivity index is 3.04. The van der Waals surface area contributed by atoms with Crippen LogP contribution >= 0.6 is 0 Å². The van der Waals surface area contributed by atoms with Gasteiger partial charge in [0.05, 0.1) is 11.0 Å². The van der Waals surface area contributed by atoms with Crippen molar-refractivity contribution in [2.45, 2.75) is 13.0 Å². The van der Waals surface area contributed by atoms with Gasteiger partial charge < -0.3 is 15.6 Å². The lowest BCUT2D eigenvalue weighted by atomic mass is 10.1. The number of ether oxygens (including phenoxy) is 1. The number of nitro benzene ring substituents is 1. The molecule has 0 saturated heterocycles. The Morgan fingerprint density at radius 2 is 2.29 bits per heavy atom. The van der Waals surface area contributed by atoms with Crippen LogP contribution in [0, 0.1) is 10.1 Å². The minimum absolute atomic E-state index is 0.160. The smallest absolute Gasteiger partial charge is 0.270 e. The van der Waals surface area contributed by atoms with Gasteiger partial charge in [-0.05, 0) is 13.0 Å². The Bertz CT molecular complexity index is 444. The van der Waals surface area contributed by atoms with Crippen molar-refractivity contribution < 1.29 is 19.6 Å². The Morgan fingerprint density at radius 3 is 2.76 bits per heavy atom.